The summed E-state index contributed by atoms with van der Waals surface area (Å²) in [4.78, 5) is 27.4. The number of amides is 2. The molecule has 3 aromatic carbocycles. The molecule has 34 heavy (non-hydrogen) atoms. The molecule has 1 aliphatic rings. The van der Waals surface area contributed by atoms with Crippen molar-refractivity contribution in [1.29, 1.82) is 0 Å². The lowest BCUT2D eigenvalue weighted by Crippen LogP contribution is -2.29. The summed E-state index contributed by atoms with van der Waals surface area (Å²) in [5.41, 5.74) is 5.39. The highest BCUT2D eigenvalue weighted by Gasteiger charge is 2.34. The number of carbonyl (C=O) groups is 2. The predicted octanol–water partition coefficient (Wildman–Crippen LogP) is 6.92. The highest BCUT2D eigenvalue weighted by molar-refractivity contribution is 8.18. The lowest BCUT2D eigenvalue weighted by atomic mass is 10.1. The first kappa shape index (κ1) is 22.2. The number of imide groups is 1. The van der Waals surface area contributed by atoms with Crippen molar-refractivity contribution in [3.05, 3.63) is 106 Å². The van der Waals surface area contributed by atoms with E-state index in [1.807, 2.05) is 36.4 Å². The number of fused-ring (bicyclic) bond motifs is 1. The molecule has 0 bridgehead atoms. The van der Waals surface area contributed by atoms with Crippen LogP contribution in [0.3, 0.4) is 0 Å². The molecule has 0 unspecified atom stereocenters. The van der Waals surface area contributed by atoms with Gasteiger partial charge in [-0.05, 0) is 84.6 Å². The molecule has 0 spiro atoms. The minimum Gasteiger partial charge on any atom is -0.318 e. The van der Waals surface area contributed by atoms with E-state index in [9.17, 15) is 9.59 Å². The monoisotopic (exact) mass is 466 g/mol. The molecule has 0 radical (unpaired) electrons. The Morgan fingerprint density at radius 2 is 1.59 bits per heavy atom. The Kier molecular flexibility index (Phi) is 6.12. The van der Waals surface area contributed by atoms with Gasteiger partial charge in [0.2, 0.25) is 0 Å². The highest BCUT2D eigenvalue weighted by atomic mass is 32.2. The number of thioether (sulfide) groups is 1. The smallest absolute Gasteiger partial charge is 0.293 e. The fourth-order valence-electron chi connectivity index (χ4n) is 4.57. The quantitative estimate of drug-likeness (QED) is 0.290. The van der Waals surface area contributed by atoms with Crippen LogP contribution in [0.15, 0.2) is 83.8 Å². The zero-order valence-electron chi connectivity index (χ0n) is 19.3. The van der Waals surface area contributed by atoms with E-state index in [2.05, 4.69) is 66.9 Å². The Morgan fingerprint density at radius 3 is 2.38 bits per heavy atom. The van der Waals surface area contributed by atoms with E-state index in [4.69, 9.17) is 0 Å². The van der Waals surface area contributed by atoms with Crippen LogP contribution in [0, 0.1) is 13.8 Å². The van der Waals surface area contributed by atoms with Gasteiger partial charge in [-0.15, -0.1) is 0 Å². The number of carbonyl (C=O) groups excluding carboxylic acids is 2. The Bertz CT molecular complexity index is 1420. The Balaban J connectivity index is 1.36. The lowest BCUT2D eigenvalue weighted by molar-refractivity contribution is -0.122. The van der Waals surface area contributed by atoms with E-state index >= 15 is 0 Å². The molecular weight excluding hydrogens is 440 g/mol. The van der Waals surface area contributed by atoms with Crippen LogP contribution in [0.1, 0.15) is 28.9 Å². The Hall–Kier alpha value is -3.57. The zero-order valence-corrected chi connectivity index (χ0v) is 20.1. The molecule has 0 atom stereocenters. The molecule has 1 aromatic heterocycles. The van der Waals surface area contributed by atoms with Crippen LogP contribution < -0.4 is 0 Å². The topological polar surface area (TPSA) is 42.3 Å². The molecule has 0 N–H and O–H groups in total. The number of aryl methyl sites for hydroxylation is 2. The summed E-state index contributed by atoms with van der Waals surface area (Å²) in [5, 5.41) is 2.20. The second-order valence-corrected chi connectivity index (χ2v) is 9.61. The van der Waals surface area contributed by atoms with Crippen molar-refractivity contribution in [2.45, 2.75) is 26.7 Å². The van der Waals surface area contributed by atoms with Gasteiger partial charge in [0.15, 0.2) is 0 Å². The normalized spacial score (nSPS) is 15.1. The van der Waals surface area contributed by atoms with Crippen molar-refractivity contribution in [3.63, 3.8) is 0 Å². The van der Waals surface area contributed by atoms with Gasteiger partial charge >= 0.3 is 0 Å². The van der Waals surface area contributed by atoms with Gasteiger partial charge in [-0.1, -0.05) is 60.7 Å². The number of rotatable bonds is 6. The summed E-state index contributed by atoms with van der Waals surface area (Å²) >= 11 is 1.03. The minimum absolute atomic E-state index is 0.187. The van der Waals surface area contributed by atoms with E-state index in [-0.39, 0.29) is 11.1 Å². The first-order valence-electron chi connectivity index (χ1n) is 11.5. The second kappa shape index (κ2) is 9.35. The molecule has 5 rings (SSSR count). The maximum atomic E-state index is 13.0. The van der Waals surface area contributed by atoms with Gasteiger partial charge in [0.05, 0.1) is 4.91 Å². The third kappa shape index (κ3) is 4.31. The third-order valence-corrected chi connectivity index (χ3v) is 7.22. The van der Waals surface area contributed by atoms with Crippen molar-refractivity contribution >= 4 is 39.8 Å². The molecule has 170 valence electrons. The fourth-order valence-corrected chi connectivity index (χ4v) is 5.42. The summed E-state index contributed by atoms with van der Waals surface area (Å²) < 4.78 is 2.20. The van der Waals surface area contributed by atoms with Crippen LogP contribution in [-0.4, -0.2) is 27.2 Å². The Morgan fingerprint density at radius 1 is 0.853 bits per heavy atom. The molecule has 0 aliphatic carbocycles. The van der Waals surface area contributed by atoms with Crippen molar-refractivity contribution in [3.8, 4) is 5.69 Å². The number of hydrogen-bond donors (Lipinski definition) is 0. The number of nitrogens with zero attached hydrogens (tertiary/aromatic N) is 2. The average Bonchev–Trinajstić information content (AvgIpc) is 3.28. The zero-order chi connectivity index (χ0) is 23.7. The Labute approximate surface area is 203 Å². The summed E-state index contributed by atoms with van der Waals surface area (Å²) in [6.07, 6.45) is 3.46. The van der Waals surface area contributed by atoms with Gasteiger partial charge in [0, 0.05) is 23.6 Å². The largest absolute Gasteiger partial charge is 0.318 e. The summed E-state index contributed by atoms with van der Waals surface area (Å²) in [7, 11) is 0. The van der Waals surface area contributed by atoms with Gasteiger partial charge < -0.3 is 4.57 Å². The maximum absolute atomic E-state index is 13.0. The van der Waals surface area contributed by atoms with Crippen molar-refractivity contribution in [2.24, 2.45) is 0 Å². The standard InChI is InChI=1S/C29H26N2O2S/c1-20-17-25(21(2)31(20)26-15-14-23-12-6-7-13-24(23)18-26)19-27-28(32)30(29(33)34-27)16-8-11-22-9-4-3-5-10-22/h3-7,9-10,12-15,17-19H,8,11,16H2,1-2H3/b27-19+. The fraction of sp³-hybridized carbons (Fsp3) is 0.172. The summed E-state index contributed by atoms with van der Waals surface area (Å²) in [6.45, 7) is 4.56. The molecule has 1 fully saturated rings. The van der Waals surface area contributed by atoms with Gasteiger partial charge in [-0.25, -0.2) is 0 Å². The van der Waals surface area contributed by atoms with Gasteiger partial charge in [0.1, 0.15) is 0 Å². The number of aromatic nitrogens is 1. The predicted molar refractivity (Wildman–Crippen MR) is 140 cm³/mol. The van der Waals surface area contributed by atoms with Crippen LogP contribution >= 0.6 is 11.8 Å². The first-order valence-corrected chi connectivity index (χ1v) is 12.3. The molecule has 4 nitrogen and oxygen atoms in total. The molecule has 2 amide bonds. The van der Waals surface area contributed by atoms with Gasteiger partial charge in [0.25, 0.3) is 11.1 Å². The van der Waals surface area contributed by atoms with E-state index in [1.54, 1.807) is 0 Å². The molecule has 1 saturated heterocycles. The third-order valence-electron chi connectivity index (χ3n) is 6.31. The van der Waals surface area contributed by atoms with Crippen LogP contribution in [0.4, 0.5) is 4.79 Å². The summed E-state index contributed by atoms with van der Waals surface area (Å²) in [6, 6.07) is 26.9. The first-order chi connectivity index (χ1) is 16.5. The van der Waals surface area contributed by atoms with Crippen molar-refractivity contribution in [2.75, 3.05) is 6.54 Å². The minimum atomic E-state index is -0.196. The molecule has 0 saturated carbocycles. The summed E-state index contributed by atoms with van der Waals surface area (Å²) in [5.74, 6) is -0.196. The molecule has 1 aliphatic heterocycles. The van der Waals surface area contributed by atoms with Gasteiger partial charge in [-0.3, -0.25) is 14.5 Å². The van der Waals surface area contributed by atoms with E-state index in [1.165, 1.54) is 21.2 Å². The van der Waals surface area contributed by atoms with E-state index in [0.717, 1.165) is 47.2 Å². The molecule has 4 aromatic rings. The van der Waals surface area contributed by atoms with E-state index in [0.29, 0.717) is 11.4 Å². The van der Waals surface area contributed by atoms with E-state index < -0.39 is 0 Å². The maximum Gasteiger partial charge on any atom is 0.293 e. The average molecular weight is 467 g/mol. The lowest BCUT2D eigenvalue weighted by Gasteiger charge is -2.12. The highest BCUT2D eigenvalue weighted by Crippen LogP contribution is 2.34. The number of benzene rings is 3. The van der Waals surface area contributed by atoms with Crippen molar-refractivity contribution < 1.29 is 9.59 Å². The SMILES string of the molecule is Cc1cc(/C=C2/SC(=O)N(CCCc3ccccc3)C2=O)c(C)n1-c1ccc2ccccc2c1. The van der Waals surface area contributed by atoms with Gasteiger partial charge in [-0.2, -0.15) is 0 Å². The number of hydrogen-bond acceptors (Lipinski definition) is 3. The van der Waals surface area contributed by atoms with Crippen LogP contribution in [-0.2, 0) is 11.2 Å². The van der Waals surface area contributed by atoms with Crippen LogP contribution in [0.25, 0.3) is 22.5 Å². The molecule has 5 heteroatoms. The molecular formula is C29H26N2O2S. The van der Waals surface area contributed by atoms with Crippen molar-refractivity contribution in [1.82, 2.24) is 9.47 Å². The second-order valence-electron chi connectivity index (χ2n) is 8.62. The van der Waals surface area contributed by atoms with Crippen LogP contribution in [0.2, 0.25) is 0 Å². The van der Waals surface area contributed by atoms with Crippen LogP contribution in [0.5, 0.6) is 0 Å². The molecule has 2 heterocycles.